The minimum Gasteiger partial charge on any atom is -0.228 e. The van der Waals surface area contributed by atoms with Crippen LogP contribution < -0.4 is 0 Å². The Morgan fingerprint density at radius 2 is 0.459 bits per heavy atom. The predicted molar refractivity (Wildman–Crippen MR) is 305 cm³/mol. The van der Waals surface area contributed by atoms with Crippen molar-refractivity contribution in [1.82, 2.24) is 24.9 Å². The highest BCUT2D eigenvalue weighted by molar-refractivity contribution is 6.07. The number of hydrogen-bond acceptors (Lipinski definition) is 5. The summed E-state index contributed by atoms with van der Waals surface area (Å²) in [6, 6.07) is 95.6. The molecule has 0 fully saturated rings. The lowest BCUT2D eigenvalue weighted by Gasteiger charge is -2.13. The molecule has 0 spiro atoms. The third-order valence-electron chi connectivity index (χ3n) is 13.8. The van der Waals surface area contributed by atoms with E-state index in [9.17, 15) is 0 Å². The molecule has 0 aliphatic rings. The van der Waals surface area contributed by atoms with E-state index in [-0.39, 0.29) is 0 Å². The lowest BCUT2D eigenvalue weighted by atomic mass is 9.91. The molecule has 5 heteroatoms. The van der Waals surface area contributed by atoms with Crippen LogP contribution in [-0.2, 0) is 0 Å². The maximum Gasteiger partial charge on any atom is 0.164 e. The van der Waals surface area contributed by atoms with Gasteiger partial charge in [-0.2, -0.15) is 0 Å². The molecule has 0 bridgehead atoms. The van der Waals surface area contributed by atoms with E-state index >= 15 is 0 Å². The second-order valence-corrected chi connectivity index (χ2v) is 18.4. The average molecular weight is 944 g/mol. The number of benzene rings is 11. The first-order chi connectivity index (χ1) is 36.6. The minimum absolute atomic E-state index is 0.629. The molecule has 0 unspecified atom stereocenters. The van der Waals surface area contributed by atoms with Crippen LogP contribution in [0.4, 0.5) is 0 Å². The van der Waals surface area contributed by atoms with Crippen LogP contribution in [0.25, 0.3) is 134 Å². The number of aromatic nitrogens is 5. The highest BCUT2D eigenvalue weighted by atomic mass is 15.0. The van der Waals surface area contributed by atoms with Gasteiger partial charge in [0.1, 0.15) is 0 Å². The summed E-state index contributed by atoms with van der Waals surface area (Å²) < 4.78 is 0. The summed E-state index contributed by atoms with van der Waals surface area (Å²) in [7, 11) is 0. The smallest absolute Gasteiger partial charge is 0.164 e. The molecule has 0 atom stereocenters. The van der Waals surface area contributed by atoms with Crippen LogP contribution in [0, 0.1) is 0 Å². The van der Waals surface area contributed by atoms with E-state index in [1.54, 1.807) is 0 Å². The third kappa shape index (κ3) is 8.80. The molecule has 0 amide bonds. The van der Waals surface area contributed by atoms with Crippen molar-refractivity contribution >= 4 is 21.5 Å². The molecule has 346 valence electrons. The fourth-order valence-corrected chi connectivity index (χ4v) is 9.90. The van der Waals surface area contributed by atoms with Gasteiger partial charge < -0.3 is 0 Å². The van der Waals surface area contributed by atoms with Crippen LogP contribution in [0.1, 0.15) is 0 Å². The van der Waals surface area contributed by atoms with Gasteiger partial charge in [-0.25, -0.2) is 24.9 Å². The van der Waals surface area contributed by atoms with Crippen molar-refractivity contribution < 1.29 is 0 Å². The normalized spacial score (nSPS) is 11.2. The summed E-state index contributed by atoms with van der Waals surface area (Å²) >= 11 is 0. The lowest BCUT2D eigenvalue weighted by Crippen LogP contribution is -2.00. The van der Waals surface area contributed by atoms with Gasteiger partial charge in [0, 0.05) is 33.4 Å². The zero-order valence-corrected chi connectivity index (χ0v) is 40.2. The molecule has 0 saturated heterocycles. The second kappa shape index (κ2) is 19.3. The number of fused-ring (bicyclic) bond motifs is 2. The fourth-order valence-electron chi connectivity index (χ4n) is 9.90. The van der Waals surface area contributed by atoms with Crippen molar-refractivity contribution in [3.8, 4) is 113 Å². The molecular formula is C69H45N5. The van der Waals surface area contributed by atoms with Crippen LogP contribution in [0.15, 0.2) is 273 Å². The molecule has 0 radical (unpaired) electrons. The Morgan fingerprint density at radius 3 is 0.851 bits per heavy atom. The molecule has 0 N–H and O–H groups in total. The number of hydrogen-bond donors (Lipinski definition) is 0. The highest BCUT2D eigenvalue weighted by Crippen LogP contribution is 2.38. The highest BCUT2D eigenvalue weighted by Gasteiger charge is 2.16. The van der Waals surface area contributed by atoms with Crippen molar-refractivity contribution in [3.05, 3.63) is 273 Å². The first-order valence-electron chi connectivity index (χ1n) is 24.9. The first-order valence-corrected chi connectivity index (χ1v) is 24.9. The Hall–Kier alpha value is -9.97. The fraction of sp³-hybridized carbons (Fsp3) is 0. The summed E-state index contributed by atoms with van der Waals surface area (Å²) in [5.41, 5.74) is 16.9. The Balaban J connectivity index is 0.775. The Bertz CT molecular complexity index is 4070. The standard InChI is InChI=1S/C69H45N5/c1-5-15-46(16-6-1)47-27-33-54(34-28-47)68-72-67(52-21-11-4-12-22-52)73-69(74-68)55-37-31-49(32-38-55)57-40-42-61-59(44-57)24-14-26-63(61)62-25-13-23-58-43-56(39-41-60(58)62)48-29-35-53(36-30-48)66-70-64(50-17-7-2-8-18-50)45-65(71-66)51-19-9-3-10-20-51/h1-45H. The van der Waals surface area contributed by atoms with Crippen molar-refractivity contribution in [1.29, 1.82) is 0 Å². The van der Waals surface area contributed by atoms with E-state index in [2.05, 4.69) is 200 Å². The first kappa shape index (κ1) is 44.0. The molecule has 0 aliphatic carbocycles. The van der Waals surface area contributed by atoms with Gasteiger partial charge in [0.2, 0.25) is 0 Å². The molecule has 11 aromatic carbocycles. The van der Waals surface area contributed by atoms with E-state index in [0.29, 0.717) is 23.3 Å². The summed E-state index contributed by atoms with van der Waals surface area (Å²) in [6.45, 7) is 0. The minimum atomic E-state index is 0.629. The molecular weight excluding hydrogens is 899 g/mol. The van der Waals surface area contributed by atoms with Crippen LogP contribution in [0.2, 0.25) is 0 Å². The van der Waals surface area contributed by atoms with Crippen molar-refractivity contribution in [2.45, 2.75) is 0 Å². The summed E-state index contributed by atoms with van der Waals surface area (Å²) in [5, 5.41) is 4.78. The van der Waals surface area contributed by atoms with Crippen LogP contribution in [-0.4, -0.2) is 24.9 Å². The quantitative estimate of drug-likeness (QED) is 0.137. The Labute approximate surface area is 429 Å². The number of nitrogens with zero attached hydrogens (tertiary/aromatic N) is 5. The SMILES string of the molecule is c1ccc(-c2ccc(-c3nc(-c4ccccc4)nc(-c4ccc(-c5ccc6c(-c7cccc8cc(-c9ccc(-c%10nc(-c%11ccccc%11)cc(-c%11ccccc%11)n%10)cc9)ccc78)cccc6c5)cc4)n3)cc2)cc1. The van der Waals surface area contributed by atoms with Gasteiger partial charge in [0.25, 0.3) is 0 Å². The van der Waals surface area contributed by atoms with Crippen molar-refractivity contribution in [3.63, 3.8) is 0 Å². The van der Waals surface area contributed by atoms with Crippen LogP contribution in [0.5, 0.6) is 0 Å². The second-order valence-electron chi connectivity index (χ2n) is 18.4. The Kier molecular flexibility index (Phi) is 11.5. The van der Waals surface area contributed by atoms with Gasteiger partial charge in [-0.3, -0.25) is 0 Å². The van der Waals surface area contributed by atoms with Gasteiger partial charge in [0.15, 0.2) is 23.3 Å². The summed E-state index contributed by atoms with van der Waals surface area (Å²) in [6.07, 6.45) is 0. The number of rotatable bonds is 10. The topological polar surface area (TPSA) is 64.5 Å². The lowest BCUT2D eigenvalue weighted by molar-refractivity contribution is 1.07. The van der Waals surface area contributed by atoms with E-state index in [1.165, 1.54) is 38.2 Å². The van der Waals surface area contributed by atoms with Gasteiger partial charge in [0.05, 0.1) is 11.4 Å². The maximum absolute atomic E-state index is 5.05. The summed E-state index contributed by atoms with van der Waals surface area (Å²) in [5.74, 6) is 2.60. The molecule has 5 nitrogen and oxygen atoms in total. The van der Waals surface area contributed by atoms with E-state index in [1.807, 2.05) is 72.8 Å². The zero-order chi connectivity index (χ0) is 49.2. The zero-order valence-electron chi connectivity index (χ0n) is 40.2. The maximum atomic E-state index is 5.05. The molecule has 2 aromatic heterocycles. The third-order valence-corrected chi connectivity index (χ3v) is 13.8. The monoisotopic (exact) mass is 943 g/mol. The van der Waals surface area contributed by atoms with Crippen LogP contribution >= 0.6 is 0 Å². The molecule has 2 heterocycles. The Morgan fingerprint density at radius 1 is 0.176 bits per heavy atom. The average Bonchev–Trinajstić information content (AvgIpc) is 3.49. The molecule has 74 heavy (non-hydrogen) atoms. The predicted octanol–water partition coefficient (Wildman–Crippen LogP) is 17.6. The largest absolute Gasteiger partial charge is 0.228 e. The van der Waals surface area contributed by atoms with E-state index in [0.717, 1.165) is 72.6 Å². The molecule has 13 rings (SSSR count). The van der Waals surface area contributed by atoms with Gasteiger partial charge in [-0.15, -0.1) is 0 Å². The molecule has 0 aliphatic heterocycles. The molecule has 0 saturated carbocycles. The van der Waals surface area contributed by atoms with Gasteiger partial charge in [-0.1, -0.05) is 255 Å². The van der Waals surface area contributed by atoms with Crippen molar-refractivity contribution in [2.24, 2.45) is 0 Å². The van der Waals surface area contributed by atoms with E-state index in [4.69, 9.17) is 24.9 Å². The van der Waals surface area contributed by atoms with Gasteiger partial charge >= 0.3 is 0 Å². The van der Waals surface area contributed by atoms with Crippen LogP contribution in [0.3, 0.4) is 0 Å². The van der Waals surface area contributed by atoms with Crippen molar-refractivity contribution in [2.75, 3.05) is 0 Å². The summed E-state index contributed by atoms with van der Waals surface area (Å²) in [4.78, 5) is 25.1. The molecule has 13 aromatic rings. The van der Waals surface area contributed by atoms with E-state index < -0.39 is 0 Å². The van der Waals surface area contributed by atoms with Gasteiger partial charge in [-0.05, 0) is 84.3 Å².